The van der Waals surface area contributed by atoms with Crippen LogP contribution in [0.15, 0.2) is 54.9 Å². The van der Waals surface area contributed by atoms with Crippen molar-refractivity contribution in [2.45, 2.75) is 83.0 Å². The first kappa shape index (κ1) is 32.6. The number of nitrogens with one attached hydrogen (secondary N) is 1. The van der Waals surface area contributed by atoms with E-state index in [2.05, 4.69) is 63.2 Å². The smallest absolute Gasteiger partial charge is 0.255 e. The second kappa shape index (κ2) is 13.8. The van der Waals surface area contributed by atoms with Crippen LogP contribution in [0.5, 0.6) is 0 Å². The third-order valence-corrected chi connectivity index (χ3v) is 9.92. The second-order valence-corrected chi connectivity index (χ2v) is 13.5. The van der Waals surface area contributed by atoms with E-state index < -0.39 is 17.6 Å². The molecule has 1 unspecified atom stereocenters. The largest absolute Gasteiger partial charge is 0.385 e. The van der Waals surface area contributed by atoms with E-state index >= 15 is 0 Å². The Hall–Kier alpha value is -4.35. The molecule has 4 aliphatic rings. The minimum atomic E-state index is -0.934. The molecule has 0 spiro atoms. The summed E-state index contributed by atoms with van der Waals surface area (Å²) in [6.45, 7) is 9.26. The summed E-state index contributed by atoms with van der Waals surface area (Å²) >= 11 is 0. The summed E-state index contributed by atoms with van der Waals surface area (Å²) in [7, 11) is 0. The van der Waals surface area contributed by atoms with Gasteiger partial charge in [-0.1, -0.05) is 38.1 Å². The van der Waals surface area contributed by atoms with Crippen LogP contribution >= 0.6 is 0 Å². The van der Waals surface area contributed by atoms with Gasteiger partial charge in [-0.2, -0.15) is 0 Å². The molecule has 248 valence electrons. The third kappa shape index (κ3) is 7.31. The highest BCUT2D eigenvalue weighted by Crippen LogP contribution is 2.37. The van der Waals surface area contributed by atoms with E-state index in [1.165, 1.54) is 24.1 Å². The fourth-order valence-electron chi connectivity index (χ4n) is 6.93. The Bertz CT molecular complexity index is 1590. The molecule has 3 amide bonds. The van der Waals surface area contributed by atoms with E-state index in [-0.39, 0.29) is 18.2 Å². The summed E-state index contributed by atoms with van der Waals surface area (Å²) in [5, 5.41) is 13.9. The topological polar surface area (TPSA) is 145 Å². The highest BCUT2D eigenvalue weighted by molar-refractivity contribution is 6.05. The van der Waals surface area contributed by atoms with Crippen LogP contribution in [0.4, 0.5) is 11.6 Å². The number of nitrogens with two attached hydrogens (primary N) is 1. The monoisotopic (exact) mass is 639 g/mol. The van der Waals surface area contributed by atoms with Crippen LogP contribution in [-0.4, -0.2) is 74.8 Å². The number of aromatic nitrogens is 2. The van der Waals surface area contributed by atoms with E-state index in [1.54, 1.807) is 23.4 Å². The summed E-state index contributed by atoms with van der Waals surface area (Å²) in [4.78, 5) is 50.9. The first-order valence-electron chi connectivity index (χ1n) is 16.7. The molecule has 1 aromatic heterocycles. The molecule has 1 atom stereocenters. The van der Waals surface area contributed by atoms with Crippen LogP contribution in [0.25, 0.3) is 0 Å². The quantitative estimate of drug-likeness (QED) is 0.344. The van der Waals surface area contributed by atoms with E-state index in [1.807, 2.05) is 12.1 Å². The molecule has 5 heterocycles. The maximum absolute atomic E-state index is 13.0. The predicted octanol–water partition coefficient (Wildman–Crippen LogP) is 3.71. The van der Waals surface area contributed by atoms with Gasteiger partial charge >= 0.3 is 0 Å². The van der Waals surface area contributed by atoms with Crippen molar-refractivity contribution >= 4 is 29.4 Å². The summed E-state index contributed by atoms with van der Waals surface area (Å²) in [5.74, 6) is -0.0757. The molecular weight excluding hydrogens is 594 g/mol. The van der Waals surface area contributed by atoms with Crippen LogP contribution in [0, 0.1) is 0 Å². The number of rotatable bonds is 6. The van der Waals surface area contributed by atoms with Gasteiger partial charge in [0.1, 0.15) is 6.04 Å². The molecule has 47 heavy (non-hydrogen) atoms. The molecule has 3 fully saturated rings. The van der Waals surface area contributed by atoms with Crippen LogP contribution in [0.2, 0.25) is 0 Å². The summed E-state index contributed by atoms with van der Waals surface area (Å²) < 4.78 is 0. The Balaban J connectivity index is 0.000000332. The summed E-state index contributed by atoms with van der Waals surface area (Å²) in [6, 6.07) is 13.8. The normalized spacial score (nSPS) is 21.0. The van der Waals surface area contributed by atoms with Gasteiger partial charge in [0.15, 0.2) is 0 Å². The molecule has 4 N–H and O–H groups in total. The zero-order valence-corrected chi connectivity index (χ0v) is 27.3. The maximum atomic E-state index is 13.0. The molecule has 4 aliphatic heterocycles. The fraction of sp³-hybridized carbons (Fsp3) is 0.472. The number of likely N-dealkylation sites (tertiary alicyclic amines) is 1. The number of imide groups is 1. The van der Waals surface area contributed by atoms with Crippen LogP contribution in [-0.2, 0) is 28.3 Å². The van der Waals surface area contributed by atoms with E-state index in [0.29, 0.717) is 43.2 Å². The number of anilines is 2. The molecule has 11 heteroatoms. The van der Waals surface area contributed by atoms with E-state index in [0.717, 1.165) is 49.4 Å². The first-order valence-corrected chi connectivity index (χ1v) is 16.7. The Morgan fingerprint density at radius 1 is 0.979 bits per heavy atom. The Kier molecular flexibility index (Phi) is 9.56. The number of carbonyl (C=O) groups is 3. The summed E-state index contributed by atoms with van der Waals surface area (Å²) in [5.41, 5.74) is 10.3. The van der Waals surface area contributed by atoms with Gasteiger partial charge in [-0.25, -0.2) is 9.97 Å². The molecule has 7 rings (SSSR count). The Morgan fingerprint density at radius 2 is 1.66 bits per heavy atom. The number of carbonyl (C=O) groups excluding carboxylic acids is 3. The fourth-order valence-corrected chi connectivity index (χ4v) is 6.93. The van der Waals surface area contributed by atoms with Crippen LogP contribution < -0.4 is 16.0 Å². The lowest BCUT2D eigenvalue weighted by Gasteiger charge is -2.38. The number of benzene rings is 2. The first-order chi connectivity index (χ1) is 22.6. The second-order valence-electron chi connectivity index (χ2n) is 13.5. The van der Waals surface area contributed by atoms with Gasteiger partial charge in [-0.15, -0.1) is 0 Å². The number of amides is 3. The van der Waals surface area contributed by atoms with E-state index in [4.69, 9.17) is 5.73 Å². The number of nitrogens with zero attached hydrogens (tertiary/aromatic N) is 5. The van der Waals surface area contributed by atoms with Gasteiger partial charge in [0.05, 0.1) is 5.60 Å². The maximum Gasteiger partial charge on any atom is 0.255 e. The SMILES string of the molecule is CC(C)c1cnc(N)nc1.O=C1CCC(N2Cc3cc(C4(O)CCN(Cc5ccc(N6CCCC6)cc5)CC4)ccc3C2=O)C(=O)N1. The van der Waals surface area contributed by atoms with Crippen molar-refractivity contribution < 1.29 is 19.5 Å². The average Bonchev–Trinajstić information content (AvgIpc) is 3.72. The summed E-state index contributed by atoms with van der Waals surface area (Å²) in [6.07, 6.45) is 7.90. The molecular formula is C36H45N7O4. The number of hydrogen-bond acceptors (Lipinski definition) is 9. The van der Waals surface area contributed by atoms with Gasteiger partial charge in [0, 0.05) is 69.3 Å². The van der Waals surface area contributed by atoms with Crippen molar-refractivity contribution in [2.75, 3.05) is 36.8 Å². The van der Waals surface area contributed by atoms with Gasteiger partial charge in [-0.3, -0.25) is 24.6 Å². The van der Waals surface area contributed by atoms with Crippen molar-refractivity contribution in [3.63, 3.8) is 0 Å². The van der Waals surface area contributed by atoms with Crippen molar-refractivity contribution in [3.8, 4) is 0 Å². The van der Waals surface area contributed by atoms with Gasteiger partial charge in [-0.05, 0) is 78.5 Å². The zero-order chi connectivity index (χ0) is 33.1. The molecule has 0 bridgehead atoms. The molecule has 3 saturated heterocycles. The predicted molar refractivity (Wildman–Crippen MR) is 179 cm³/mol. The third-order valence-electron chi connectivity index (χ3n) is 9.92. The van der Waals surface area contributed by atoms with Crippen LogP contribution in [0.1, 0.15) is 90.9 Å². The molecule has 2 aromatic carbocycles. The Labute approximate surface area is 276 Å². The average molecular weight is 640 g/mol. The van der Waals surface area contributed by atoms with E-state index in [9.17, 15) is 19.5 Å². The highest BCUT2D eigenvalue weighted by atomic mass is 16.3. The van der Waals surface area contributed by atoms with Crippen molar-refractivity contribution in [2.24, 2.45) is 0 Å². The number of piperidine rings is 2. The molecule has 0 aliphatic carbocycles. The van der Waals surface area contributed by atoms with Gasteiger partial charge in [0.25, 0.3) is 5.91 Å². The highest BCUT2D eigenvalue weighted by Gasteiger charge is 2.41. The molecule has 0 saturated carbocycles. The van der Waals surface area contributed by atoms with Crippen molar-refractivity contribution in [3.05, 3.63) is 82.7 Å². The lowest BCUT2D eigenvalue weighted by Crippen LogP contribution is -2.52. The van der Waals surface area contributed by atoms with Gasteiger partial charge in [0.2, 0.25) is 17.8 Å². The molecule has 0 radical (unpaired) electrons. The lowest BCUT2D eigenvalue weighted by atomic mass is 9.83. The number of aliphatic hydroxyl groups is 1. The van der Waals surface area contributed by atoms with Crippen LogP contribution in [0.3, 0.4) is 0 Å². The van der Waals surface area contributed by atoms with Crippen molar-refractivity contribution in [1.29, 1.82) is 0 Å². The standard InChI is InChI=1S/C29H34N4O4.C7H11N3/c34-26-10-9-25(27(35)30-26)33-19-21-17-22(5-8-24(21)28(33)36)29(37)11-15-31(16-12-29)18-20-3-6-23(7-4-20)32-13-1-2-14-32;1-5(2)6-3-9-7(8)10-4-6/h3-8,17,25,37H,1-2,9-16,18-19H2,(H,30,34,35);3-5H,1-2H3,(H2,8,9,10). The lowest BCUT2D eigenvalue weighted by molar-refractivity contribution is -0.136. The number of fused-ring (bicyclic) bond motifs is 1. The number of hydrogen-bond donors (Lipinski definition) is 3. The minimum absolute atomic E-state index is 0.186. The van der Waals surface area contributed by atoms with Gasteiger partial charge < -0.3 is 20.6 Å². The molecule has 11 nitrogen and oxygen atoms in total. The Morgan fingerprint density at radius 3 is 2.30 bits per heavy atom. The zero-order valence-electron chi connectivity index (χ0n) is 27.3. The number of nitrogen functional groups attached to an aromatic ring is 1. The molecule has 3 aromatic rings. The van der Waals surface area contributed by atoms with Crippen molar-refractivity contribution in [1.82, 2.24) is 25.1 Å². The minimum Gasteiger partial charge on any atom is -0.385 e.